The van der Waals surface area contributed by atoms with Crippen LogP contribution in [0.4, 0.5) is 9.52 Å². The standard InChI is InChI=1S/C17H13FN6OS2/c18-12-6-7-13-14(8-12)27-16(19-13)20-15(25)10-26-17-21-22-23-24(17)9-11-4-2-1-3-5-11/h1-8H,9-10H2,(H,19,20,25). The number of nitrogens with zero attached hydrogens (tertiary/aromatic N) is 5. The van der Waals surface area contributed by atoms with Crippen molar-refractivity contribution < 1.29 is 9.18 Å². The van der Waals surface area contributed by atoms with Crippen LogP contribution in [0.15, 0.2) is 53.7 Å². The van der Waals surface area contributed by atoms with E-state index >= 15 is 0 Å². The third-order valence-electron chi connectivity index (χ3n) is 3.60. The van der Waals surface area contributed by atoms with E-state index in [1.54, 1.807) is 10.7 Å². The van der Waals surface area contributed by atoms with Crippen molar-refractivity contribution in [2.24, 2.45) is 0 Å². The number of rotatable bonds is 6. The summed E-state index contributed by atoms with van der Waals surface area (Å²) in [6.45, 7) is 0.529. The minimum Gasteiger partial charge on any atom is -0.301 e. The molecule has 4 aromatic rings. The number of thiazole rings is 1. The van der Waals surface area contributed by atoms with Crippen LogP contribution in [0.5, 0.6) is 0 Å². The van der Waals surface area contributed by atoms with E-state index in [-0.39, 0.29) is 17.5 Å². The summed E-state index contributed by atoms with van der Waals surface area (Å²) in [4.78, 5) is 16.5. The SMILES string of the molecule is O=C(CSc1nnnn1Cc1ccccc1)Nc1nc2ccc(F)cc2s1. The number of tetrazole rings is 1. The van der Waals surface area contributed by atoms with Gasteiger partial charge in [0.1, 0.15) is 5.82 Å². The van der Waals surface area contributed by atoms with Crippen molar-refractivity contribution in [3.05, 3.63) is 59.9 Å². The molecule has 2 aromatic heterocycles. The average Bonchev–Trinajstić information content (AvgIpc) is 3.26. The van der Waals surface area contributed by atoms with Gasteiger partial charge in [-0.3, -0.25) is 4.79 Å². The molecule has 0 unspecified atom stereocenters. The van der Waals surface area contributed by atoms with E-state index < -0.39 is 0 Å². The number of fused-ring (bicyclic) bond motifs is 1. The summed E-state index contributed by atoms with van der Waals surface area (Å²) in [6, 6.07) is 14.1. The van der Waals surface area contributed by atoms with Crippen molar-refractivity contribution in [2.45, 2.75) is 11.7 Å². The van der Waals surface area contributed by atoms with Crippen molar-refractivity contribution in [3.8, 4) is 0 Å². The Kier molecular flexibility index (Phi) is 5.07. The van der Waals surface area contributed by atoms with Crippen LogP contribution in [0.3, 0.4) is 0 Å². The van der Waals surface area contributed by atoms with Crippen molar-refractivity contribution in [1.29, 1.82) is 0 Å². The number of anilines is 1. The second-order valence-corrected chi connectivity index (χ2v) is 7.55. The Labute approximate surface area is 161 Å². The van der Waals surface area contributed by atoms with Gasteiger partial charge >= 0.3 is 0 Å². The summed E-state index contributed by atoms with van der Waals surface area (Å²) < 4.78 is 15.6. The number of thioether (sulfide) groups is 1. The van der Waals surface area contributed by atoms with Gasteiger partial charge in [0.15, 0.2) is 5.13 Å². The minimum absolute atomic E-state index is 0.138. The van der Waals surface area contributed by atoms with E-state index in [4.69, 9.17) is 0 Å². The number of benzene rings is 2. The summed E-state index contributed by atoms with van der Waals surface area (Å²) in [5.41, 5.74) is 1.72. The lowest BCUT2D eigenvalue weighted by atomic mass is 10.2. The molecule has 0 saturated heterocycles. The fraction of sp³-hybridized carbons (Fsp3) is 0.118. The number of nitrogens with one attached hydrogen (secondary N) is 1. The normalized spacial score (nSPS) is 11.0. The van der Waals surface area contributed by atoms with Crippen LogP contribution in [-0.4, -0.2) is 36.9 Å². The maximum Gasteiger partial charge on any atom is 0.236 e. The van der Waals surface area contributed by atoms with Gasteiger partial charge in [0, 0.05) is 0 Å². The highest BCUT2D eigenvalue weighted by Gasteiger charge is 2.12. The molecule has 1 amide bonds. The van der Waals surface area contributed by atoms with Gasteiger partial charge in [-0.2, -0.15) is 0 Å². The molecule has 0 radical (unpaired) electrons. The number of halogens is 1. The average molecular weight is 400 g/mol. The molecule has 0 atom stereocenters. The molecule has 0 bridgehead atoms. The number of amides is 1. The Morgan fingerprint density at radius 1 is 1.22 bits per heavy atom. The Bertz CT molecular complexity index is 1080. The molecule has 1 N–H and O–H groups in total. The molecule has 0 saturated carbocycles. The van der Waals surface area contributed by atoms with Crippen molar-refractivity contribution in [3.63, 3.8) is 0 Å². The first-order chi connectivity index (χ1) is 13.2. The van der Waals surface area contributed by atoms with E-state index in [0.29, 0.717) is 27.0 Å². The molecule has 0 aliphatic rings. The zero-order chi connectivity index (χ0) is 18.6. The highest BCUT2D eigenvalue weighted by molar-refractivity contribution is 7.99. The van der Waals surface area contributed by atoms with Crippen molar-refractivity contribution >= 4 is 44.4 Å². The number of carbonyl (C=O) groups excluding carboxylic acids is 1. The first-order valence-corrected chi connectivity index (χ1v) is 9.76. The van der Waals surface area contributed by atoms with Crippen LogP contribution in [0.1, 0.15) is 5.56 Å². The summed E-state index contributed by atoms with van der Waals surface area (Å²) in [6.07, 6.45) is 0. The Hall–Kier alpha value is -2.85. The van der Waals surface area contributed by atoms with Crippen molar-refractivity contribution in [1.82, 2.24) is 25.2 Å². The van der Waals surface area contributed by atoms with E-state index in [1.165, 1.54) is 35.2 Å². The van der Waals surface area contributed by atoms with E-state index in [0.717, 1.165) is 5.56 Å². The number of carbonyl (C=O) groups is 1. The Morgan fingerprint density at radius 3 is 2.93 bits per heavy atom. The van der Waals surface area contributed by atoms with Crippen LogP contribution in [0.2, 0.25) is 0 Å². The van der Waals surface area contributed by atoms with E-state index in [1.807, 2.05) is 30.3 Å². The third kappa shape index (κ3) is 4.29. The maximum atomic E-state index is 13.2. The monoisotopic (exact) mass is 400 g/mol. The molecule has 27 heavy (non-hydrogen) atoms. The largest absolute Gasteiger partial charge is 0.301 e. The Balaban J connectivity index is 1.37. The number of hydrogen-bond acceptors (Lipinski definition) is 7. The zero-order valence-corrected chi connectivity index (χ0v) is 15.5. The molecule has 4 rings (SSSR count). The lowest BCUT2D eigenvalue weighted by Crippen LogP contribution is -2.14. The highest BCUT2D eigenvalue weighted by Crippen LogP contribution is 2.26. The third-order valence-corrected chi connectivity index (χ3v) is 5.49. The molecule has 0 spiro atoms. The summed E-state index contributed by atoms with van der Waals surface area (Å²) in [5, 5.41) is 15.3. The summed E-state index contributed by atoms with van der Waals surface area (Å²) in [5.74, 6) is -0.418. The molecule has 2 aromatic carbocycles. The fourth-order valence-corrected chi connectivity index (χ4v) is 3.98. The van der Waals surface area contributed by atoms with E-state index in [9.17, 15) is 9.18 Å². The highest BCUT2D eigenvalue weighted by atomic mass is 32.2. The van der Waals surface area contributed by atoms with Gasteiger partial charge in [0.05, 0.1) is 22.5 Å². The van der Waals surface area contributed by atoms with Crippen LogP contribution in [0.25, 0.3) is 10.2 Å². The molecule has 2 heterocycles. The zero-order valence-electron chi connectivity index (χ0n) is 13.9. The predicted octanol–water partition coefficient (Wildman–Crippen LogP) is 3.20. The molecule has 0 aliphatic carbocycles. The van der Waals surface area contributed by atoms with Crippen LogP contribution in [-0.2, 0) is 11.3 Å². The topological polar surface area (TPSA) is 85.6 Å². The number of aromatic nitrogens is 5. The molecular weight excluding hydrogens is 387 g/mol. The van der Waals surface area contributed by atoms with Crippen LogP contribution in [0, 0.1) is 5.82 Å². The predicted molar refractivity (Wildman–Crippen MR) is 102 cm³/mol. The molecule has 136 valence electrons. The minimum atomic E-state index is -0.329. The summed E-state index contributed by atoms with van der Waals surface area (Å²) >= 11 is 2.47. The van der Waals surface area contributed by atoms with Crippen molar-refractivity contribution in [2.75, 3.05) is 11.1 Å². The molecule has 7 nitrogen and oxygen atoms in total. The Morgan fingerprint density at radius 2 is 2.07 bits per heavy atom. The lowest BCUT2D eigenvalue weighted by Gasteiger charge is -2.04. The van der Waals surface area contributed by atoms with Gasteiger partial charge in [-0.1, -0.05) is 53.4 Å². The smallest absolute Gasteiger partial charge is 0.236 e. The van der Waals surface area contributed by atoms with E-state index in [2.05, 4.69) is 25.8 Å². The van der Waals surface area contributed by atoms with Gasteiger partial charge < -0.3 is 5.32 Å². The van der Waals surface area contributed by atoms with Crippen LogP contribution < -0.4 is 5.32 Å². The molecule has 10 heteroatoms. The lowest BCUT2D eigenvalue weighted by molar-refractivity contribution is -0.113. The van der Waals surface area contributed by atoms with Gasteiger partial charge in [-0.25, -0.2) is 14.1 Å². The quantitative estimate of drug-likeness (QED) is 0.500. The summed E-state index contributed by atoms with van der Waals surface area (Å²) in [7, 11) is 0. The van der Waals surface area contributed by atoms with Gasteiger partial charge in [-0.15, -0.1) is 5.10 Å². The van der Waals surface area contributed by atoms with Gasteiger partial charge in [0.2, 0.25) is 11.1 Å². The van der Waals surface area contributed by atoms with Crippen LogP contribution >= 0.6 is 23.1 Å². The first-order valence-electron chi connectivity index (χ1n) is 7.96. The molecule has 0 fully saturated rings. The number of hydrogen-bond donors (Lipinski definition) is 1. The molecular formula is C17H13FN6OS2. The fourth-order valence-electron chi connectivity index (χ4n) is 2.39. The second kappa shape index (κ2) is 7.80. The van der Waals surface area contributed by atoms with Gasteiger partial charge in [0.25, 0.3) is 0 Å². The maximum absolute atomic E-state index is 13.2. The second-order valence-electron chi connectivity index (χ2n) is 5.57. The van der Waals surface area contributed by atoms with Gasteiger partial charge in [-0.05, 0) is 34.2 Å². The first kappa shape index (κ1) is 17.6. The molecule has 0 aliphatic heterocycles.